The first kappa shape index (κ1) is 12.0. The van der Waals surface area contributed by atoms with Crippen molar-refractivity contribution in [2.24, 2.45) is 0 Å². The maximum absolute atomic E-state index is 12.0. The van der Waals surface area contributed by atoms with E-state index in [4.69, 9.17) is 4.42 Å². The lowest BCUT2D eigenvalue weighted by Gasteiger charge is -2.13. The summed E-state index contributed by atoms with van der Waals surface area (Å²) in [5, 5.41) is 1.66. The molecule has 2 nitrogen and oxygen atoms in total. The van der Waals surface area contributed by atoms with E-state index in [1.165, 1.54) is 18.4 Å². The van der Waals surface area contributed by atoms with E-state index in [2.05, 4.69) is 28.7 Å². The zero-order valence-corrected chi connectivity index (χ0v) is 12.1. The van der Waals surface area contributed by atoms with Crippen LogP contribution in [0.15, 0.2) is 39.6 Å². The van der Waals surface area contributed by atoms with Crippen molar-refractivity contribution in [1.29, 1.82) is 0 Å². The van der Waals surface area contributed by atoms with Crippen molar-refractivity contribution < 1.29 is 4.42 Å². The fourth-order valence-corrected chi connectivity index (χ4v) is 3.35. The fourth-order valence-electron chi connectivity index (χ4n) is 2.42. The monoisotopic (exact) mass is 352 g/mol. The first-order valence-electron chi connectivity index (χ1n) is 6.18. The van der Waals surface area contributed by atoms with E-state index < -0.39 is 0 Å². The molecule has 18 heavy (non-hydrogen) atoms. The Bertz CT molecular complexity index is 682. The third-order valence-electron chi connectivity index (χ3n) is 3.36. The molecule has 0 radical (unpaired) electrons. The molecule has 0 N–H and O–H groups in total. The predicted molar refractivity (Wildman–Crippen MR) is 81.6 cm³/mol. The molecule has 1 aromatic carbocycles. The van der Waals surface area contributed by atoms with Crippen molar-refractivity contribution in [3.63, 3.8) is 0 Å². The van der Waals surface area contributed by atoms with Crippen LogP contribution in [-0.4, -0.2) is 0 Å². The smallest absolute Gasteiger partial charge is 0.344 e. The lowest BCUT2D eigenvalue weighted by Crippen LogP contribution is -2.05. The van der Waals surface area contributed by atoms with Crippen molar-refractivity contribution in [2.45, 2.75) is 25.7 Å². The van der Waals surface area contributed by atoms with Crippen LogP contribution in [0.1, 0.15) is 31.4 Å². The molecule has 0 atom stereocenters. The molecule has 2 aromatic rings. The van der Waals surface area contributed by atoms with E-state index >= 15 is 0 Å². The molecule has 1 heterocycles. The summed E-state index contributed by atoms with van der Waals surface area (Å²) in [5.41, 5.74) is 0.959. The highest BCUT2D eigenvalue weighted by molar-refractivity contribution is 14.1. The quantitative estimate of drug-likeness (QED) is 0.714. The number of hydrogen-bond acceptors (Lipinski definition) is 2. The van der Waals surface area contributed by atoms with Crippen LogP contribution in [0.25, 0.3) is 16.3 Å². The SMILES string of the molecule is O=c1oc(C2=CCCCC2)c(I)c2ccccc12. The lowest BCUT2D eigenvalue weighted by atomic mass is 9.97. The maximum Gasteiger partial charge on any atom is 0.344 e. The Labute approximate surface area is 119 Å². The summed E-state index contributed by atoms with van der Waals surface area (Å²) < 4.78 is 6.58. The van der Waals surface area contributed by atoms with Crippen molar-refractivity contribution in [3.8, 4) is 0 Å². The molecule has 1 aromatic heterocycles. The van der Waals surface area contributed by atoms with Gasteiger partial charge in [-0.3, -0.25) is 0 Å². The normalized spacial score (nSPS) is 15.7. The molecule has 92 valence electrons. The predicted octanol–water partition coefficient (Wildman–Crippen LogP) is 4.36. The average molecular weight is 352 g/mol. The highest BCUT2D eigenvalue weighted by Crippen LogP contribution is 2.32. The minimum atomic E-state index is -0.229. The third kappa shape index (κ3) is 2.00. The molecule has 0 aliphatic heterocycles. The molecule has 3 rings (SSSR count). The van der Waals surface area contributed by atoms with Crippen LogP contribution >= 0.6 is 22.6 Å². The Balaban J connectivity index is 2.28. The number of benzene rings is 1. The summed E-state index contributed by atoms with van der Waals surface area (Å²) in [5.74, 6) is 0.777. The number of halogens is 1. The first-order chi connectivity index (χ1) is 8.77. The molecule has 0 amide bonds. The molecule has 0 fully saturated rings. The minimum absolute atomic E-state index is 0.229. The molecule has 0 spiro atoms. The van der Waals surface area contributed by atoms with Gasteiger partial charge in [-0.25, -0.2) is 4.79 Å². The molecule has 0 saturated carbocycles. The van der Waals surface area contributed by atoms with Gasteiger partial charge in [-0.2, -0.15) is 0 Å². The van der Waals surface area contributed by atoms with Gasteiger partial charge in [0.15, 0.2) is 0 Å². The van der Waals surface area contributed by atoms with Gasteiger partial charge >= 0.3 is 5.63 Å². The van der Waals surface area contributed by atoms with Gasteiger partial charge in [-0.1, -0.05) is 24.3 Å². The van der Waals surface area contributed by atoms with Crippen molar-refractivity contribution in [2.75, 3.05) is 0 Å². The van der Waals surface area contributed by atoms with E-state index in [0.29, 0.717) is 5.39 Å². The van der Waals surface area contributed by atoms with Crippen LogP contribution in [0.4, 0.5) is 0 Å². The van der Waals surface area contributed by atoms with Gasteiger partial charge in [0.05, 0.1) is 8.96 Å². The van der Waals surface area contributed by atoms with E-state index in [9.17, 15) is 4.79 Å². The molecule has 1 aliphatic rings. The Hall–Kier alpha value is -1.10. The Morgan fingerprint density at radius 3 is 2.61 bits per heavy atom. The highest BCUT2D eigenvalue weighted by Gasteiger charge is 2.16. The summed E-state index contributed by atoms with van der Waals surface area (Å²) >= 11 is 2.28. The van der Waals surface area contributed by atoms with Crippen molar-refractivity contribution in [3.05, 3.63) is 50.1 Å². The number of hydrogen-bond donors (Lipinski definition) is 0. The third-order valence-corrected chi connectivity index (χ3v) is 4.43. The van der Waals surface area contributed by atoms with Crippen LogP contribution in [-0.2, 0) is 0 Å². The summed E-state index contributed by atoms with van der Waals surface area (Å²) in [6.45, 7) is 0. The standard InChI is InChI=1S/C15H13IO2/c16-13-11-8-4-5-9-12(11)15(17)18-14(13)10-6-2-1-3-7-10/h4-6,8-9H,1-3,7H2. The molecular weight excluding hydrogens is 339 g/mol. The van der Waals surface area contributed by atoms with E-state index in [0.717, 1.165) is 27.6 Å². The molecular formula is C15H13IO2. The van der Waals surface area contributed by atoms with Gasteiger partial charge in [0.1, 0.15) is 5.76 Å². The highest BCUT2D eigenvalue weighted by atomic mass is 127. The Morgan fingerprint density at radius 1 is 1.11 bits per heavy atom. The Kier molecular flexibility index (Phi) is 3.24. The minimum Gasteiger partial charge on any atom is -0.421 e. The van der Waals surface area contributed by atoms with Crippen LogP contribution in [0.2, 0.25) is 0 Å². The Morgan fingerprint density at radius 2 is 1.89 bits per heavy atom. The summed E-state index contributed by atoms with van der Waals surface area (Å²) in [7, 11) is 0. The maximum atomic E-state index is 12.0. The zero-order chi connectivity index (χ0) is 12.5. The number of fused-ring (bicyclic) bond motifs is 1. The van der Waals surface area contributed by atoms with Crippen molar-refractivity contribution in [1.82, 2.24) is 0 Å². The topological polar surface area (TPSA) is 30.2 Å². The average Bonchev–Trinajstić information content (AvgIpc) is 2.44. The van der Waals surface area contributed by atoms with Gasteiger partial charge in [-0.15, -0.1) is 0 Å². The molecule has 0 bridgehead atoms. The molecule has 0 unspecified atom stereocenters. The molecule has 3 heteroatoms. The molecule has 1 aliphatic carbocycles. The number of rotatable bonds is 1. The number of allylic oxidation sites excluding steroid dienone is 2. The first-order valence-corrected chi connectivity index (χ1v) is 7.26. The van der Waals surface area contributed by atoms with E-state index in [1.54, 1.807) is 0 Å². The second kappa shape index (κ2) is 4.88. The van der Waals surface area contributed by atoms with Gasteiger partial charge in [-0.05, 0) is 59.9 Å². The second-order valence-electron chi connectivity index (χ2n) is 4.55. The van der Waals surface area contributed by atoms with Crippen LogP contribution in [0.5, 0.6) is 0 Å². The van der Waals surface area contributed by atoms with E-state index in [-0.39, 0.29) is 5.63 Å². The zero-order valence-electron chi connectivity index (χ0n) is 9.91. The van der Waals surface area contributed by atoms with Gasteiger partial charge in [0.25, 0.3) is 0 Å². The van der Waals surface area contributed by atoms with Gasteiger partial charge in [0, 0.05) is 5.39 Å². The summed E-state index contributed by atoms with van der Waals surface area (Å²) in [6.07, 6.45) is 6.72. The van der Waals surface area contributed by atoms with E-state index in [1.807, 2.05) is 24.3 Å². The fraction of sp³-hybridized carbons (Fsp3) is 0.267. The van der Waals surface area contributed by atoms with Gasteiger partial charge in [0.2, 0.25) is 0 Å². The van der Waals surface area contributed by atoms with Crippen molar-refractivity contribution >= 4 is 38.9 Å². The molecule has 0 saturated heterocycles. The summed E-state index contributed by atoms with van der Waals surface area (Å²) in [4.78, 5) is 12.0. The largest absolute Gasteiger partial charge is 0.421 e. The lowest BCUT2D eigenvalue weighted by molar-refractivity contribution is 0.497. The van der Waals surface area contributed by atoms with Crippen LogP contribution in [0.3, 0.4) is 0 Å². The summed E-state index contributed by atoms with van der Waals surface area (Å²) in [6, 6.07) is 7.64. The van der Waals surface area contributed by atoms with Crippen LogP contribution < -0.4 is 5.63 Å². The van der Waals surface area contributed by atoms with Crippen LogP contribution in [0, 0.1) is 3.57 Å². The van der Waals surface area contributed by atoms with Gasteiger partial charge < -0.3 is 4.42 Å². The second-order valence-corrected chi connectivity index (χ2v) is 5.63.